The number of halogens is 1. The molecule has 1 amide bonds. The summed E-state index contributed by atoms with van der Waals surface area (Å²) in [6, 6.07) is 11.4. The van der Waals surface area contributed by atoms with Gasteiger partial charge in [-0.15, -0.1) is 0 Å². The van der Waals surface area contributed by atoms with E-state index in [-0.39, 0.29) is 39.9 Å². The maximum Gasteiger partial charge on any atom is 0.280 e. The molecule has 1 aliphatic heterocycles. The minimum atomic E-state index is -4.00. The summed E-state index contributed by atoms with van der Waals surface area (Å²) >= 11 is 6.08. The van der Waals surface area contributed by atoms with Crippen molar-refractivity contribution in [2.45, 2.75) is 31.1 Å². The van der Waals surface area contributed by atoms with Gasteiger partial charge in [0, 0.05) is 12.4 Å². The topological polar surface area (TPSA) is 101 Å². The largest absolute Gasteiger partial charge is 0.488 e. The zero-order valence-electron chi connectivity index (χ0n) is 18.4. The van der Waals surface area contributed by atoms with E-state index < -0.39 is 15.9 Å². The minimum absolute atomic E-state index is 0.0172. The number of nitrogens with zero attached hydrogens (tertiary/aromatic N) is 3. The van der Waals surface area contributed by atoms with Gasteiger partial charge in [0.05, 0.1) is 22.2 Å². The van der Waals surface area contributed by atoms with Gasteiger partial charge in [-0.1, -0.05) is 44.5 Å². The van der Waals surface area contributed by atoms with Crippen LogP contribution in [-0.2, 0) is 15.4 Å². The van der Waals surface area contributed by atoms with Gasteiger partial charge in [0.15, 0.2) is 17.3 Å². The Labute approximate surface area is 197 Å². The van der Waals surface area contributed by atoms with Crippen LogP contribution in [0.4, 0.5) is 11.5 Å². The number of sulfonamides is 1. The molecule has 0 radical (unpaired) electrons. The standard InChI is InChI=1S/C23H23ClN4O4S/c1-23(2,3)15-6-8-17(9-7-15)33(30,31)27-18-13-16(24)14-26-20(18)22(29)28-11-12-32-19-5-4-10-25-21(19)28/h4-10,13-14,27H,11-12H2,1-3H3. The number of anilines is 2. The van der Waals surface area contributed by atoms with Gasteiger partial charge in [-0.05, 0) is 41.3 Å². The molecule has 0 spiro atoms. The number of carbonyl (C=O) groups is 1. The minimum Gasteiger partial charge on any atom is -0.488 e. The van der Waals surface area contributed by atoms with Crippen molar-refractivity contribution in [3.63, 3.8) is 0 Å². The normalized spacial score (nSPS) is 13.8. The molecule has 0 bridgehead atoms. The van der Waals surface area contributed by atoms with Gasteiger partial charge < -0.3 is 4.74 Å². The second-order valence-corrected chi connectivity index (χ2v) is 10.7. The Morgan fingerprint density at radius 2 is 1.88 bits per heavy atom. The molecular weight excluding hydrogens is 464 g/mol. The fraction of sp³-hybridized carbons (Fsp3) is 0.261. The third-order valence-electron chi connectivity index (χ3n) is 5.16. The predicted octanol–water partition coefficient (Wildman–Crippen LogP) is 4.27. The lowest BCUT2D eigenvalue weighted by atomic mass is 9.87. The number of hydrogen-bond donors (Lipinski definition) is 1. The van der Waals surface area contributed by atoms with Crippen LogP contribution < -0.4 is 14.4 Å². The first-order valence-electron chi connectivity index (χ1n) is 10.2. The van der Waals surface area contributed by atoms with Crippen molar-refractivity contribution in [1.82, 2.24) is 9.97 Å². The number of pyridine rings is 2. The van der Waals surface area contributed by atoms with Gasteiger partial charge in [-0.3, -0.25) is 14.4 Å². The molecular formula is C23H23ClN4O4S. The Kier molecular flexibility index (Phi) is 6.02. The average molecular weight is 487 g/mol. The summed E-state index contributed by atoms with van der Waals surface area (Å²) in [5.41, 5.74) is 0.777. The van der Waals surface area contributed by atoms with Crippen molar-refractivity contribution in [2.75, 3.05) is 22.8 Å². The number of amides is 1. The highest BCUT2D eigenvalue weighted by Crippen LogP contribution is 2.31. The summed E-state index contributed by atoms with van der Waals surface area (Å²) in [7, 11) is -4.00. The molecule has 0 aliphatic carbocycles. The highest BCUT2D eigenvalue weighted by Gasteiger charge is 2.30. The maximum absolute atomic E-state index is 13.4. The number of benzene rings is 1. The van der Waals surface area contributed by atoms with Crippen LogP contribution in [0.1, 0.15) is 36.8 Å². The summed E-state index contributed by atoms with van der Waals surface area (Å²) in [5.74, 6) is 0.292. The van der Waals surface area contributed by atoms with Gasteiger partial charge >= 0.3 is 0 Å². The van der Waals surface area contributed by atoms with Crippen LogP contribution in [0, 0.1) is 0 Å². The van der Waals surface area contributed by atoms with Crippen LogP contribution in [0.15, 0.2) is 59.8 Å². The fourth-order valence-corrected chi connectivity index (χ4v) is 4.62. The summed E-state index contributed by atoms with van der Waals surface area (Å²) in [6.07, 6.45) is 2.85. The molecule has 0 atom stereocenters. The molecule has 8 nitrogen and oxygen atoms in total. The van der Waals surface area contributed by atoms with Crippen molar-refractivity contribution < 1.29 is 17.9 Å². The number of rotatable bonds is 4. The molecule has 172 valence electrons. The van der Waals surface area contributed by atoms with Crippen molar-refractivity contribution in [2.24, 2.45) is 0 Å². The molecule has 4 rings (SSSR count). The van der Waals surface area contributed by atoms with E-state index >= 15 is 0 Å². The highest BCUT2D eigenvalue weighted by molar-refractivity contribution is 7.92. The molecule has 0 unspecified atom stereocenters. The molecule has 33 heavy (non-hydrogen) atoms. The van der Waals surface area contributed by atoms with Crippen molar-refractivity contribution >= 4 is 39.0 Å². The van der Waals surface area contributed by atoms with E-state index in [4.69, 9.17) is 16.3 Å². The van der Waals surface area contributed by atoms with Crippen LogP contribution in [0.25, 0.3) is 0 Å². The molecule has 3 heterocycles. The number of nitrogens with one attached hydrogen (secondary N) is 1. The molecule has 0 saturated carbocycles. The molecule has 3 aromatic rings. The third kappa shape index (κ3) is 4.79. The second-order valence-electron chi connectivity index (χ2n) is 8.56. The van der Waals surface area contributed by atoms with Gasteiger partial charge in [0.2, 0.25) is 0 Å². The Hall–Kier alpha value is -3.17. The summed E-state index contributed by atoms with van der Waals surface area (Å²) in [4.78, 5) is 23.2. The maximum atomic E-state index is 13.4. The Morgan fingerprint density at radius 3 is 2.58 bits per heavy atom. The number of ether oxygens (including phenoxy) is 1. The van der Waals surface area contributed by atoms with Gasteiger partial charge in [-0.25, -0.2) is 18.4 Å². The molecule has 10 heteroatoms. The van der Waals surface area contributed by atoms with Crippen LogP contribution >= 0.6 is 11.6 Å². The molecule has 2 aromatic heterocycles. The van der Waals surface area contributed by atoms with Crippen LogP contribution in [0.3, 0.4) is 0 Å². The highest BCUT2D eigenvalue weighted by atomic mass is 35.5. The smallest absolute Gasteiger partial charge is 0.280 e. The molecule has 0 fully saturated rings. The van der Waals surface area contributed by atoms with Crippen LogP contribution in [0.2, 0.25) is 5.02 Å². The Morgan fingerprint density at radius 1 is 1.15 bits per heavy atom. The van der Waals surface area contributed by atoms with Crippen LogP contribution in [0.5, 0.6) is 5.75 Å². The van der Waals surface area contributed by atoms with E-state index in [9.17, 15) is 13.2 Å². The number of fused-ring (bicyclic) bond motifs is 1. The number of aromatic nitrogens is 2. The van der Waals surface area contributed by atoms with E-state index in [1.807, 2.05) is 20.8 Å². The summed E-state index contributed by atoms with van der Waals surface area (Å²) in [5, 5.41) is 0.188. The second kappa shape index (κ2) is 8.64. The lowest BCUT2D eigenvalue weighted by Gasteiger charge is -2.28. The zero-order valence-corrected chi connectivity index (χ0v) is 19.9. The van der Waals surface area contributed by atoms with Crippen molar-refractivity contribution in [3.05, 3.63) is 71.1 Å². The monoisotopic (exact) mass is 486 g/mol. The van der Waals surface area contributed by atoms with Crippen molar-refractivity contribution in [1.29, 1.82) is 0 Å². The van der Waals surface area contributed by atoms with E-state index in [1.54, 1.807) is 30.5 Å². The van der Waals surface area contributed by atoms with E-state index in [2.05, 4.69) is 14.7 Å². The molecule has 1 aromatic carbocycles. The SMILES string of the molecule is CC(C)(C)c1ccc(S(=O)(=O)Nc2cc(Cl)cnc2C(=O)N2CCOc3cccnc32)cc1. The lowest BCUT2D eigenvalue weighted by Crippen LogP contribution is -2.39. The third-order valence-corrected chi connectivity index (χ3v) is 6.74. The molecule has 0 saturated heterocycles. The van der Waals surface area contributed by atoms with Crippen LogP contribution in [-0.4, -0.2) is 37.4 Å². The number of hydrogen-bond acceptors (Lipinski definition) is 6. The predicted molar refractivity (Wildman–Crippen MR) is 127 cm³/mol. The number of carbonyl (C=O) groups excluding carboxylic acids is 1. The van der Waals surface area contributed by atoms with E-state index in [0.29, 0.717) is 11.6 Å². The Balaban J connectivity index is 1.68. The quantitative estimate of drug-likeness (QED) is 0.591. The first-order valence-corrected chi connectivity index (χ1v) is 12.1. The Bertz CT molecular complexity index is 1300. The van der Waals surface area contributed by atoms with Crippen molar-refractivity contribution in [3.8, 4) is 5.75 Å². The zero-order chi connectivity index (χ0) is 23.8. The van der Waals surface area contributed by atoms with E-state index in [1.165, 1.54) is 29.3 Å². The molecule has 1 aliphatic rings. The average Bonchev–Trinajstić information content (AvgIpc) is 2.77. The summed E-state index contributed by atoms with van der Waals surface area (Å²) < 4.78 is 34.2. The first kappa shape index (κ1) is 23.0. The van der Waals surface area contributed by atoms with Gasteiger partial charge in [0.1, 0.15) is 6.61 Å². The fourth-order valence-electron chi connectivity index (χ4n) is 3.40. The first-order chi connectivity index (χ1) is 15.6. The summed E-state index contributed by atoms with van der Waals surface area (Å²) in [6.45, 7) is 6.65. The lowest BCUT2D eigenvalue weighted by molar-refractivity contribution is 0.0971. The van der Waals surface area contributed by atoms with Gasteiger partial charge in [0.25, 0.3) is 15.9 Å². The molecule has 1 N–H and O–H groups in total. The van der Waals surface area contributed by atoms with E-state index in [0.717, 1.165) is 5.56 Å². The van der Waals surface area contributed by atoms with Gasteiger partial charge in [-0.2, -0.15) is 0 Å².